The number of halogens is 6. The molecule has 0 atom stereocenters. The Morgan fingerprint density at radius 2 is 1.68 bits per heavy atom. The number of hydrogen-bond acceptors (Lipinski definition) is 3. The molecule has 0 unspecified atom stereocenters. The van der Waals surface area contributed by atoms with E-state index in [-0.39, 0.29) is 18.2 Å². The average molecular weight is 324 g/mol. The first-order chi connectivity index (χ1) is 10.0. The summed E-state index contributed by atoms with van der Waals surface area (Å²) in [6.07, 6.45) is -9.82. The molecule has 0 aliphatic carbocycles. The van der Waals surface area contributed by atoms with Crippen LogP contribution in [0, 0.1) is 0 Å². The molecule has 0 bridgehead atoms. The summed E-state index contributed by atoms with van der Waals surface area (Å²) >= 11 is 0. The van der Waals surface area contributed by atoms with Crippen molar-refractivity contribution in [3.63, 3.8) is 0 Å². The van der Waals surface area contributed by atoms with Gasteiger partial charge < -0.3 is 5.73 Å². The summed E-state index contributed by atoms with van der Waals surface area (Å²) in [4.78, 5) is 11.1. The molecule has 22 heavy (non-hydrogen) atoms. The van der Waals surface area contributed by atoms with Gasteiger partial charge in [0.2, 0.25) is 0 Å². The smallest absolute Gasteiger partial charge is 0.364 e. The lowest BCUT2D eigenvalue weighted by Gasteiger charge is -2.14. The van der Waals surface area contributed by atoms with Gasteiger partial charge in [-0.15, -0.1) is 0 Å². The molecule has 118 valence electrons. The molecule has 0 spiro atoms. The molecule has 2 rings (SSSR count). The molecule has 2 aromatic rings. The Labute approximate surface area is 118 Å². The summed E-state index contributed by atoms with van der Waals surface area (Å²) < 4.78 is 76.9. The quantitative estimate of drug-likeness (QED) is 0.833. The van der Waals surface area contributed by atoms with Crippen molar-refractivity contribution in [2.45, 2.75) is 12.4 Å². The van der Waals surface area contributed by atoms with Crippen LogP contribution >= 0.6 is 0 Å². The lowest BCUT2D eigenvalue weighted by Crippen LogP contribution is -2.15. The van der Waals surface area contributed by atoms with Crippen LogP contribution in [0.2, 0.25) is 0 Å². The second kappa shape index (κ2) is 5.00. The van der Waals surface area contributed by atoms with Gasteiger partial charge in [0.1, 0.15) is 5.69 Å². The first kappa shape index (κ1) is 15.8. The summed E-state index contributed by atoms with van der Waals surface area (Å²) in [5, 5.41) is 8.41. The van der Waals surface area contributed by atoms with Gasteiger partial charge >= 0.3 is 12.4 Å². The number of aromatic nitrogens is 3. The van der Waals surface area contributed by atoms with Crippen molar-refractivity contribution in [2.24, 2.45) is 5.73 Å². The zero-order chi connectivity index (χ0) is 16.7. The normalized spacial score (nSPS) is 12.5. The van der Waals surface area contributed by atoms with E-state index < -0.39 is 46.3 Å². The number of alkyl halides is 6. The Morgan fingerprint density at radius 3 is 2.18 bits per heavy atom. The minimum atomic E-state index is -4.95. The molecule has 5 nitrogen and oxygen atoms in total. The van der Waals surface area contributed by atoms with E-state index in [0.29, 0.717) is 0 Å². The van der Waals surface area contributed by atoms with Crippen molar-refractivity contribution in [1.82, 2.24) is 15.4 Å². The molecular formula is C11H6F6N4O. The third-order valence-electron chi connectivity index (χ3n) is 2.69. The lowest BCUT2D eigenvalue weighted by molar-refractivity contribution is -0.141. The van der Waals surface area contributed by atoms with E-state index in [1.807, 2.05) is 5.21 Å². The Balaban J connectivity index is 2.75. The molecule has 0 radical (unpaired) electrons. The number of hydrogen-bond donors (Lipinski definition) is 2. The van der Waals surface area contributed by atoms with Crippen molar-refractivity contribution in [3.8, 4) is 11.3 Å². The van der Waals surface area contributed by atoms with Gasteiger partial charge in [-0.05, 0) is 18.2 Å². The Morgan fingerprint density at radius 1 is 1.05 bits per heavy atom. The highest BCUT2D eigenvalue weighted by molar-refractivity contribution is 5.97. The van der Waals surface area contributed by atoms with E-state index >= 15 is 0 Å². The van der Waals surface area contributed by atoms with E-state index in [2.05, 4.69) is 10.2 Å². The zero-order valence-electron chi connectivity index (χ0n) is 10.4. The molecule has 1 aromatic heterocycles. The van der Waals surface area contributed by atoms with Crippen molar-refractivity contribution in [2.75, 3.05) is 0 Å². The maximum absolute atomic E-state index is 12.9. The molecule has 1 heterocycles. The standard InChI is InChI=1S/C11H6F6N4O/c12-10(13,14)4-1-2-6(11(15,16)17)5(3-4)7-8(9(18)22)20-21-19-7/h1-3H,(H2,18,22)(H,19,20,21). The van der Waals surface area contributed by atoms with Gasteiger partial charge in [-0.3, -0.25) is 4.79 Å². The molecule has 0 saturated carbocycles. The highest BCUT2D eigenvalue weighted by Crippen LogP contribution is 2.40. The van der Waals surface area contributed by atoms with E-state index in [4.69, 9.17) is 5.73 Å². The molecule has 0 fully saturated rings. The van der Waals surface area contributed by atoms with Crippen LogP contribution in [0.5, 0.6) is 0 Å². The summed E-state index contributed by atoms with van der Waals surface area (Å²) in [5.41, 5.74) is -0.135. The predicted molar refractivity (Wildman–Crippen MR) is 60.3 cm³/mol. The molecule has 0 saturated heterocycles. The van der Waals surface area contributed by atoms with Crippen molar-refractivity contribution in [3.05, 3.63) is 35.0 Å². The maximum Gasteiger partial charge on any atom is 0.417 e. The fourth-order valence-corrected chi connectivity index (χ4v) is 1.75. The van der Waals surface area contributed by atoms with Gasteiger partial charge in [0, 0.05) is 5.56 Å². The van der Waals surface area contributed by atoms with Crippen LogP contribution in [0.1, 0.15) is 21.6 Å². The number of primary amides is 1. The number of nitrogens with one attached hydrogen (secondary N) is 1. The van der Waals surface area contributed by atoms with E-state index in [1.54, 1.807) is 0 Å². The van der Waals surface area contributed by atoms with Crippen LogP contribution in [0.4, 0.5) is 26.3 Å². The summed E-state index contributed by atoms with van der Waals surface area (Å²) in [6.45, 7) is 0. The number of nitrogens with two attached hydrogens (primary N) is 1. The maximum atomic E-state index is 12.9. The highest BCUT2D eigenvalue weighted by Gasteiger charge is 2.38. The van der Waals surface area contributed by atoms with Gasteiger partial charge in [0.15, 0.2) is 5.69 Å². The van der Waals surface area contributed by atoms with Gasteiger partial charge in [-0.2, -0.15) is 41.8 Å². The Kier molecular flexibility index (Phi) is 3.59. The molecule has 11 heteroatoms. The van der Waals surface area contributed by atoms with E-state index in [1.165, 1.54) is 0 Å². The van der Waals surface area contributed by atoms with Crippen molar-refractivity contribution >= 4 is 5.91 Å². The van der Waals surface area contributed by atoms with Crippen molar-refractivity contribution < 1.29 is 31.1 Å². The molecular weight excluding hydrogens is 318 g/mol. The molecule has 1 aromatic carbocycles. The molecule has 0 aliphatic rings. The number of benzene rings is 1. The highest BCUT2D eigenvalue weighted by atomic mass is 19.4. The number of H-pyrrole nitrogens is 1. The van der Waals surface area contributed by atoms with Crippen molar-refractivity contribution in [1.29, 1.82) is 0 Å². The number of rotatable bonds is 2. The number of aromatic amines is 1. The van der Waals surface area contributed by atoms with E-state index in [0.717, 1.165) is 0 Å². The fourth-order valence-electron chi connectivity index (χ4n) is 1.75. The number of carbonyl (C=O) groups is 1. The zero-order valence-corrected chi connectivity index (χ0v) is 10.4. The number of nitrogens with zero attached hydrogens (tertiary/aromatic N) is 2. The minimum Gasteiger partial charge on any atom is -0.364 e. The first-order valence-corrected chi connectivity index (χ1v) is 5.51. The van der Waals surface area contributed by atoms with Crippen LogP contribution in [0.3, 0.4) is 0 Å². The third-order valence-corrected chi connectivity index (χ3v) is 2.69. The average Bonchev–Trinajstić information content (AvgIpc) is 2.85. The largest absolute Gasteiger partial charge is 0.417 e. The van der Waals surface area contributed by atoms with Crippen LogP contribution < -0.4 is 5.73 Å². The topological polar surface area (TPSA) is 84.7 Å². The predicted octanol–water partition coefficient (Wildman–Crippen LogP) is 2.61. The van der Waals surface area contributed by atoms with Crippen LogP contribution in [-0.2, 0) is 12.4 Å². The minimum absolute atomic E-state index is 0.243. The summed E-state index contributed by atoms with van der Waals surface area (Å²) in [6, 6.07) is 0.793. The molecule has 0 aliphatic heterocycles. The Hall–Kier alpha value is -2.59. The monoisotopic (exact) mass is 324 g/mol. The van der Waals surface area contributed by atoms with Crippen LogP contribution in [0.25, 0.3) is 11.3 Å². The first-order valence-electron chi connectivity index (χ1n) is 5.51. The van der Waals surface area contributed by atoms with Gasteiger partial charge in [0.25, 0.3) is 5.91 Å². The van der Waals surface area contributed by atoms with Gasteiger partial charge in [-0.25, -0.2) is 0 Å². The van der Waals surface area contributed by atoms with Gasteiger partial charge in [0.05, 0.1) is 11.1 Å². The van der Waals surface area contributed by atoms with Crippen LogP contribution in [-0.4, -0.2) is 21.3 Å². The lowest BCUT2D eigenvalue weighted by atomic mass is 9.99. The third kappa shape index (κ3) is 2.87. The van der Waals surface area contributed by atoms with E-state index in [9.17, 15) is 31.1 Å². The number of amides is 1. The second-order valence-corrected chi connectivity index (χ2v) is 4.14. The SMILES string of the molecule is NC(=O)c1n[nH]nc1-c1cc(C(F)(F)F)ccc1C(F)(F)F. The van der Waals surface area contributed by atoms with Gasteiger partial charge in [-0.1, -0.05) is 0 Å². The molecule has 3 N–H and O–H groups in total. The molecule has 1 amide bonds. The summed E-state index contributed by atoms with van der Waals surface area (Å²) in [5.74, 6) is -1.23. The van der Waals surface area contributed by atoms with Crippen LogP contribution in [0.15, 0.2) is 18.2 Å². The fraction of sp³-hybridized carbons (Fsp3) is 0.182. The Bertz CT molecular complexity index is 718. The second-order valence-electron chi connectivity index (χ2n) is 4.14. The number of carbonyl (C=O) groups excluding carboxylic acids is 1. The summed E-state index contributed by atoms with van der Waals surface area (Å²) in [7, 11) is 0.